The quantitative estimate of drug-likeness (QED) is 0.738. The Kier molecular flexibility index (Phi) is 5.39. The summed E-state index contributed by atoms with van der Waals surface area (Å²) in [6.45, 7) is 4.93. The van der Waals surface area contributed by atoms with Crippen LogP contribution in [0.5, 0.6) is 0 Å². The first-order valence-corrected chi connectivity index (χ1v) is 10.1. The van der Waals surface area contributed by atoms with E-state index in [1.807, 2.05) is 30.3 Å². The number of fused-ring (bicyclic) bond motifs is 1. The average molecular weight is 409 g/mol. The van der Waals surface area contributed by atoms with Gasteiger partial charge < -0.3 is 19.8 Å². The third-order valence-electron chi connectivity index (χ3n) is 5.51. The Balaban J connectivity index is 1.89. The van der Waals surface area contributed by atoms with E-state index in [0.717, 1.165) is 11.4 Å². The highest BCUT2D eigenvalue weighted by Crippen LogP contribution is 2.48. The molecule has 1 aliphatic carbocycles. The summed E-state index contributed by atoms with van der Waals surface area (Å²) >= 11 is 0. The van der Waals surface area contributed by atoms with Crippen LogP contribution in [-0.2, 0) is 9.53 Å². The van der Waals surface area contributed by atoms with Gasteiger partial charge >= 0.3 is 6.03 Å². The van der Waals surface area contributed by atoms with Gasteiger partial charge in [0.15, 0.2) is 5.78 Å². The molecule has 1 unspecified atom stereocenters. The number of carbonyl (C=O) groups is 2. The van der Waals surface area contributed by atoms with Crippen molar-refractivity contribution in [3.63, 3.8) is 0 Å². The van der Waals surface area contributed by atoms with E-state index in [2.05, 4.69) is 24.5 Å². The molecule has 7 nitrogen and oxygen atoms in total. The monoisotopic (exact) mass is 409 g/mol. The number of nitrogens with zero attached hydrogens (tertiary/aromatic N) is 1. The second-order valence-electron chi connectivity index (χ2n) is 8.49. The number of Topliss-reactive ketones (excluding diaryl/α,β-unsaturated/α-hetero) is 1. The molecule has 2 aromatic rings. The van der Waals surface area contributed by atoms with Crippen molar-refractivity contribution in [3.05, 3.63) is 59.7 Å². The lowest BCUT2D eigenvalue weighted by Gasteiger charge is -2.36. The maximum atomic E-state index is 13.4. The van der Waals surface area contributed by atoms with Crippen LogP contribution in [0.4, 0.5) is 16.2 Å². The second-order valence-corrected chi connectivity index (χ2v) is 8.49. The molecule has 1 aromatic heterocycles. The van der Waals surface area contributed by atoms with Gasteiger partial charge in [-0.3, -0.25) is 9.69 Å². The number of para-hydroxylation sites is 2. The van der Waals surface area contributed by atoms with Gasteiger partial charge in [-0.2, -0.15) is 0 Å². The molecule has 4 rings (SSSR count). The number of carbonyl (C=O) groups excluding carboxylic acids is 2. The van der Waals surface area contributed by atoms with Crippen LogP contribution < -0.4 is 15.5 Å². The smallest absolute Gasteiger partial charge is 0.322 e. The Morgan fingerprint density at radius 1 is 1.27 bits per heavy atom. The predicted octanol–water partition coefficient (Wildman–Crippen LogP) is 4.25. The van der Waals surface area contributed by atoms with E-state index in [1.165, 1.54) is 0 Å². The van der Waals surface area contributed by atoms with Crippen LogP contribution in [0.1, 0.15) is 38.5 Å². The van der Waals surface area contributed by atoms with Crippen LogP contribution in [0, 0.1) is 5.41 Å². The zero-order chi connectivity index (χ0) is 21.3. The summed E-state index contributed by atoms with van der Waals surface area (Å²) in [6.07, 6.45) is 2.69. The molecule has 1 aliphatic heterocycles. The summed E-state index contributed by atoms with van der Waals surface area (Å²) < 4.78 is 10.8. The Morgan fingerprint density at radius 2 is 2.07 bits per heavy atom. The molecule has 2 N–H and O–H groups in total. The topological polar surface area (TPSA) is 83.8 Å². The molecule has 30 heavy (non-hydrogen) atoms. The standard InChI is InChI=1S/C23H27N3O4/c1-23(2)13-16-20(18(27)14-23)21(19-9-6-11-30-19)26(22(28)24-10-12-29-3)17-8-5-4-7-15(17)25-16/h4-9,11,21,25H,10,12-14H2,1-3H3,(H,24,28). The summed E-state index contributed by atoms with van der Waals surface area (Å²) in [5.74, 6) is 0.577. The summed E-state index contributed by atoms with van der Waals surface area (Å²) in [7, 11) is 1.59. The minimum atomic E-state index is -0.655. The van der Waals surface area contributed by atoms with Gasteiger partial charge in [-0.25, -0.2) is 4.79 Å². The number of nitrogens with one attached hydrogen (secondary N) is 2. The van der Waals surface area contributed by atoms with Crippen molar-refractivity contribution in [1.82, 2.24) is 5.32 Å². The number of urea groups is 1. The minimum absolute atomic E-state index is 0.0256. The highest BCUT2D eigenvalue weighted by atomic mass is 16.5. The number of methoxy groups -OCH3 is 1. The molecule has 0 bridgehead atoms. The van der Waals surface area contributed by atoms with Gasteiger partial charge in [0.05, 0.1) is 24.2 Å². The van der Waals surface area contributed by atoms with Crippen molar-refractivity contribution in [3.8, 4) is 0 Å². The van der Waals surface area contributed by atoms with E-state index >= 15 is 0 Å². The van der Waals surface area contributed by atoms with Gasteiger partial charge in [-0.05, 0) is 36.1 Å². The molecule has 1 aromatic carbocycles. The first-order valence-electron chi connectivity index (χ1n) is 10.1. The first kappa shape index (κ1) is 20.2. The molecule has 0 radical (unpaired) electrons. The molecular formula is C23H27N3O4. The lowest BCUT2D eigenvalue weighted by molar-refractivity contribution is -0.118. The largest absolute Gasteiger partial charge is 0.467 e. The Bertz CT molecular complexity index is 978. The third-order valence-corrected chi connectivity index (χ3v) is 5.51. The molecular weight excluding hydrogens is 382 g/mol. The van der Waals surface area contributed by atoms with Crippen molar-refractivity contribution in [1.29, 1.82) is 0 Å². The highest BCUT2D eigenvalue weighted by Gasteiger charge is 2.44. The number of rotatable bonds is 4. The fraction of sp³-hybridized carbons (Fsp3) is 0.391. The zero-order valence-corrected chi connectivity index (χ0v) is 17.5. The van der Waals surface area contributed by atoms with E-state index in [0.29, 0.717) is 43.0 Å². The van der Waals surface area contributed by atoms with Crippen LogP contribution in [0.25, 0.3) is 0 Å². The summed E-state index contributed by atoms with van der Waals surface area (Å²) in [4.78, 5) is 28.3. The van der Waals surface area contributed by atoms with E-state index in [4.69, 9.17) is 9.15 Å². The molecule has 0 saturated heterocycles. The number of ether oxygens (including phenoxy) is 1. The number of anilines is 2. The zero-order valence-electron chi connectivity index (χ0n) is 17.5. The lowest BCUT2D eigenvalue weighted by atomic mass is 9.74. The minimum Gasteiger partial charge on any atom is -0.467 e. The van der Waals surface area contributed by atoms with Crippen molar-refractivity contribution in [2.24, 2.45) is 5.41 Å². The van der Waals surface area contributed by atoms with Crippen molar-refractivity contribution >= 4 is 23.2 Å². The summed E-state index contributed by atoms with van der Waals surface area (Å²) in [5, 5.41) is 6.36. The van der Waals surface area contributed by atoms with Gasteiger partial charge in [0, 0.05) is 31.3 Å². The Morgan fingerprint density at radius 3 is 2.80 bits per heavy atom. The van der Waals surface area contributed by atoms with Crippen LogP contribution in [0.15, 0.2) is 58.3 Å². The number of ketones is 1. The van der Waals surface area contributed by atoms with Crippen molar-refractivity contribution < 1.29 is 18.7 Å². The van der Waals surface area contributed by atoms with Gasteiger partial charge in [-0.15, -0.1) is 0 Å². The summed E-state index contributed by atoms with van der Waals surface area (Å²) in [6, 6.07) is 10.2. The molecule has 0 spiro atoms. The number of furan rings is 1. The lowest BCUT2D eigenvalue weighted by Crippen LogP contribution is -2.45. The van der Waals surface area contributed by atoms with E-state index < -0.39 is 6.04 Å². The Labute approximate surface area is 176 Å². The number of allylic oxidation sites excluding steroid dienone is 1. The van der Waals surface area contributed by atoms with Gasteiger partial charge in [0.2, 0.25) is 0 Å². The van der Waals surface area contributed by atoms with Crippen LogP contribution in [0.2, 0.25) is 0 Å². The Hall–Kier alpha value is -3.06. The third kappa shape index (κ3) is 3.73. The number of benzene rings is 1. The summed E-state index contributed by atoms with van der Waals surface area (Å²) in [5.41, 5.74) is 2.74. The molecule has 0 fully saturated rings. The molecule has 2 aliphatic rings. The molecule has 0 saturated carbocycles. The van der Waals surface area contributed by atoms with E-state index in [-0.39, 0.29) is 17.2 Å². The normalized spacial score (nSPS) is 20.2. The number of hydrogen-bond donors (Lipinski definition) is 2. The predicted molar refractivity (Wildman–Crippen MR) is 114 cm³/mol. The van der Waals surface area contributed by atoms with E-state index in [9.17, 15) is 9.59 Å². The SMILES string of the molecule is COCCNC(=O)N1c2ccccc2NC2=C(C(=O)CC(C)(C)C2)C1c1ccco1. The fourth-order valence-electron chi connectivity index (χ4n) is 4.27. The fourth-order valence-corrected chi connectivity index (χ4v) is 4.27. The number of hydrogen-bond acceptors (Lipinski definition) is 5. The molecule has 2 heterocycles. The van der Waals surface area contributed by atoms with E-state index in [1.54, 1.807) is 24.3 Å². The molecule has 7 heteroatoms. The molecule has 158 valence electrons. The van der Waals surface area contributed by atoms with Crippen molar-refractivity contribution in [2.45, 2.75) is 32.7 Å². The van der Waals surface area contributed by atoms with Gasteiger partial charge in [-0.1, -0.05) is 26.0 Å². The molecule has 1 atom stereocenters. The van der Waals surface area contributed by atoms with Crippen LogP contribution in [0.3, 0.4) is 0 Å². The number of amides is 2. The average Bonchev–Trinajstić information content (AvgIpc) is 3.17. The second kappa shape index (κ2) is 7.99. The van der Waals surface area contributed by atoms with Crippen molar-refractivity contribution in [2.75, 3.05) is 30.5 Å². The van der Waals surface area contributed by atoms with Crippen LogP contribution in [-0.4, -0.2) is 32.1 Å². The highest BCUT2D eigenvalue weighted by molar-refractivity contribution is 6.05. The van der Waals surface area contributed by atoms with Crippen LogP contribution >= 0.6 is 0 Å². The van der Waals surface area contributed by atoms with Gasteiger partial charge in [0.25, 0.3) is 0 Å². The maximum Gasteiger partial charge on any atom is 0.322 e. The van der Waals surface area contributed by atoms with Gasteiger partial charge in [0.1, 0.15) is 11.8 Å². The maximum absolute atomic E-state index is 13.4. The first-order chi connectivity index (χ1) is 14.4. The molecule has 2 amide bonds.